The van der Waals surface area contributed by atoms with E-state index in [2.05, 4.69) is 24.5 Å². The van der Waals surface area contributed by atoms with E-state index in [4.69, 9.17) is 18.0 Å². The van der Waals surface area contributed by atoms with Crippen LogP contribution in [0.15, 0.2) is 0 Å². The van der Waals surface area contributed by atoms with E-state index in [9.17, 15) is 0 Å². The first-order valence-corrected chi connectivity index (χ1v) is 5.05. The number of rotatable bonds is 3. The van der Waals surface area contributed by atoms with Gasteiger partial charge in [0.1, 0.15) is 8.64 Å². The second-order valence-electron chi connectivity index (χ2n) is 1.99. The second kappa shape index (κ2) is 6.82. The Balaban J connectivity index is 3.30. The van der Waals surface area contributed by atoms with Gasteiger partial charge in [0.05, 0.1) is 0 Å². The molecule has 3 N–H and O–H groups in total. The summed E-state index contributed by atoms with van der Waals surface area (Å²) in [6.07, 6.45) is 2.28. The van der Waals surface area contributed by atoms with Crippen LogP contribution in [0.3, 0.4) is 0 Å². The number of thiocarbonyl (C=S) groups is 2. The Morgan fingerprint density at radius 1 is 1.55 bits per heavy atom. The van der Waals surface area contributed by atoms with Gasteiger partial charge in [-0.2, -0.15) is 0 Å². The Morgan fingerprint density at radius 3 is 2.64 bits per heavy atom. The summed E-state index contributed by atoms with van der Waals surface area (Å²) < 4.78 is 1.05. The van der Waals surface area contributed by atoms with Crippen molar-refractivity contribution in [2.24, 2.45) is 5.73 Å². The van der Waals surface area contributed by atoms with E-state index in [0.29, 0.717) is 8.64 Å². The third-order valence-corrected chi connectivity index (χ3v) is 2.17. The third kappa shape index (κ3) is 8.03. The minimum Gasteiger partial charge on any atom is -0.384 e. The van der Waals surface area contributed by atoms with E-state index in [1.54, 1.807) is 0 Å². The molecule has 0 aliphatic carbocycles. The molecule has 11 heavy (non-hydrogen) atoms. The lowest BCUT2D eigenvalue weighted by Gasteiger charge is -2.03. The summed E-state index contributed by atoms with van der Waals surface area (Å²) in [6.45, 7) is 3.04. The first-order chi connectivity index (χ1) is 5.16. The Morgan fingerprint density at radius 2 is 2.18 bits per heavy atom. The molecule has 0 aromatic heterocycles. The molecule has 0 unspecified atom stereocenters. The van der Waals surface area contributed by atoms with Crippen LogP contribution >= 0.6 is 36.2 Å². The average molecular weight is 208 g/mol. The molecule has 0 aromatic rings. The van der Waals surface area contributed by atoms with Crippen molar-refractivity contribution in [1.29, 1.82) is 0 Å². The molecule has 0 spiro atoms. The van der Waals surface area contributed by atoms with Gasteiger partial charge in [0.2, 0.25) is 0 Å². The number of thioether (sulfide) groups is 1. The van der Waals surface area contributed by atoms with Gasteiger partial charge in [0.25, 0.3) is 0 Å². The fourth-order valence-corrected chi connectivity index (χ4v) is 1.63. The molecule has 64 valence electrons. The maximum atomic E-state index is 5.26. The fourth-order valence-electron chi connectivity index (χ4n) is 0.495. The quantitative estimate of drug-likeness (QED) is 0.545. The van der Waals surface area contributed by atoms with Gasteiger partial charge in [-0.05, 0) is 18.2 Å². The van der Waals surface area contributed by atoms with E-state index < -0.39 is 0 Å². The number of nitrogens with two attached hydrogens (primary N) is 1. The molecule has 2 nitrogen and oxygen atoms in total. The van der Waals surface area contributed by atoms with Crippen LogP contribution < -0.4 is 11.1 Å². The van der Waals surface area contributed by atoms with Crippen LogP contribution in [0.2, 0.25) is 0 Å². The van der Waals surface area contributed by atoms with Crippen molar-refractivity contribution in [2.75, 3.05) is 6.54 Å². The molecular weight excluding hydrogens is 196 g/mol. The van der Waals surface area contributed by atoms with Crippen LogP contribution in [0.1, 0.15) is 19.8 Å². The molecule has 0 atom stereocenters. The van der Waals surface area contributed by atoms with Crippen molar-refractivity contribution in [3.63, 3.8) is 0 Å². The average Bonchev–Trinajstić information content (AvgIpc) is 1.86. The lowest BCUT2D eigenvalue weighted by atomic mass is 10.3. The summed E-state index contributed by atoms with van der Waals surface area (Å²) in [5, 5.41) is 3.04. The van der Waals surface area contributed by atoms with Gasteiger partial charge < -0.3 is 11.1 Å². The zero-order chi connectivity index (χ0) is 8.69. The topological polar surface area (TPSA) is 38.0 Å². The predicted molar refractivity (Wildman–Crippen MR) is 59.9 cm³/mol. The van der Waals surface area contributed by atoms with E-state index in [-0.39, 0.29) is 0 Å². The first kappa shape index (κ1) is 11.1. The molecule has 5 heteroatoms. The molecule has 0 radical (unpaired) electrons. The molecule has 0 rings (SSSR count). The summed E-state index contributed by atoms with van der Waals surface area (Å²) in [5.41, 5.74) is 5.26. The molecule has 0 aliphatic rings. The van der Waals surface area contributed by atoms with Crippen molar-refractivity contribution in [2.45, 2.75) is 19.8 Å². The largest absolute Gasteiger partial charge is 0.384 e. The van der Waals surface area contributed by atoms with Crippen LogP contribution in [0, 0.1) is 0 Å². The minimum atomic E-state index is 0.374. The molecule has 0 amide bonds. The van der Waals surface area contributed by atoms with Crippen LogP contribution in [-0.4, -0.2) is 15.2 Å². The van der Waals surface area contributed by atoms with Crippen LogP contribution in [-0.2, 0) is 0 Å². The van der Waals surface area contributed by atoms with Crippen molar-refractivity contribution in [1.82, 2.24) is 5.32 Å². The summed E-state index contributed by atoms with van der Waals surface area (Å²) in [4.78, 5) is 0. The smallest absolute Gasteiger partial charge is 0.140 e. The van der Waals surface area contributed by atoms with E-state index in [1.807, 2.05) is 0 Å². The summed E-state index contributed by atoms with van der Waals surface area (Å²) in [7, 11) is 0. The maximum Gasteiger partial charge on any atom is 0.140 e. The van der Waals surface area contributed by atoms with Gasteiger partial charge in [-0.25, -0.2) is 0 Å². The monoisotopic (exact) mass is 208 g/mol. The molecular formula is C6H12N2S3. The molecule has 0 bridgehead atoms. The molecule has 0 heterocycles. The molecule has 0 fully saturated rings. The number of unbranched alkanes of at least 4 members (excludes halogenated alkanes) is 1. The van der Waals surface area contributed by atoms with Crippen molar-refractivity contribution in [3.05, 3.63) is 0 Å². The van der Waals surface area contributed by atoms with Crippen LogP contribution in [0.5, 0.6) is 0 Å². The number of nitrogens with one attached hydrogen (secondary N) is 1. The number of hydrogen-bond acceptors (Lipinski definition) is 3. The van der Waals surface area contributed by atoms with Crippen molar-refractivity contribution < 1.29 is 0 Å². The zero-order valence-electron chi connectivity index (χ0n) is 6.42. The normalized spacial score (nSPS) is 9.18. The lowest BCUT2D eigenvalue weighted by Crippen LogP contribution is -2.22. The van der Waals surface area contributed by atoms with Crippen molar-refractivity contribution in [3.8, 4) is 0 Å². The third-order valence-electron chi connectivity index (χ3n) is 0.993. The first-order valence-electron chi connectivity index (χ1n) is 3.42. The number of hydrogen-bond donors (Lipinski definition) is 2. The predicted octanol–water partition coefficient (Wildman–Crippen LogP) is 1.64. The van der Waals surface area contributed by atoms with E-state index >= 15 is 0 Å². The summed E-state index contributed by atoms with van der Waals surface area (Å²) >= 11 is 10.8. The fraction of sp³-hybridized carbons (Fsp3) is 0.667. The Hall–Kier alpha value is 0.130. The van der Waals surface area contributed by atoms with Crippen LogP contribution in [0.4, 0.5) is 0 Å². The van der Waals surface area contributed by atoms with Gasteiger partial charge in [-0.3, -0.25) is 0 Å². The molecule has 0 aromatic carbocycles. The molecule has 0 aliphatic heterocycles. The van der Waals surface area contributed by atoms with Gasteiger partial charge in [0.15, 0.2) is 0 Å². The summed E-state index contributed by atoms with van der Waals surface area (Å²) in [5.74, 6) is 0. The highest BCUT2D eigenvalue weighted by molar-refractivity contribution is 8.37. The maximum absolute atomic E-state index is 5.26. The van der Waals surface area contributed by atoms with Gasteiger partial charge in [-0.1, -0.05) is 37.8 Å². The zero-order valence-corrected chi connectivity index (χ0v) is 8.87. The highest BCUT2D eigenvalue weighted by atomic mass is 32.2. The molecule has 0 saturated heterocycles. The standard InChI is InChI=1S/C6H12N2S3/c1-2-3-4-8-6(10)11-5(7)9/h2-4H2,1H3,(H2,7,9)(H,8,10). The molecule has 0 saturated carbocycles. The Labute approximate surface area is 82.3 Å². The highest BCUT2D eigenvalue weighted by Gasteiger charge is 1.96. The second-order valence-corrected chi connectivity index (χ2v) is 4.41. The van der Waals surface area contributed by atoms with Crippen molar-refractivity contribution >= 4 is 44.8 Å². The van der Waals surface area contributed by atoms with E-state index in [0.717, 1.165) is 19.4 Å². The van der Waals surface area contributed by atoms with Gasteiger partial charge >= 0.3 is 0 Å². The van der Waals surface area contributed by atoms with Gasteiger partial charge in [-0.15, -0.1) is 0 Å². The van der Waals surface area contributed by atoms with E-state index in [1.165, 1.54) is 11.8 Å². The van der Waals surface area contributed by atoms with Crippen LogP contribution in [0.25, 0.3) is 0 Å². The highest BCUT2D eigenvalue weighted by Crippen LogP contribution is 2.01. The summed E-state index contributed by atoms with van der Waals surface area (Å²) in [6, 6.07) is 0. The van der Waals surface area contributed by atoms with Gasteiger partial charge in [0, 0.05) is 6.54 Å². The SMILES string of the molecule is CCCCNC(=S)SC(N)=S. The Kier molecular flexibility index (Phi) is 6.90. The lowest BCUT2D eigenvalue weighted by molar-refractivity contribution is 0.763. The minimum absolute atomic E-state index is 0.374. The Bertz CT molecular complexity index is 147.